The summed E-state index contributed by atoms with van der Waals surface area (Å²) < 4.78 is 1.56. The molecule has 0 spiro atoms. The Morgan fingerprint density at radius 3 is 2.71 bits per heavy atom. The molecule has 0 aliphatic carbocycles. The van der Waals surface area contributed by atoms with Gasteiger partial charge < -0.3 is 0 Å². The molecule has 0 amide bonds. The Balaban J connectivity index is 2.43. The molecular weight excluding hydrogens is 214 g/mol. The predicted molar refractivity (Wildman–Crippen MR) is 65.1 cm³/mol. The summed E-state index contributed by atoms with van der Waals surface area (Å²) in [4.78, 5) is 20.2. The predicted octanol–water partition coefficient (Wildman–Crippen LogP) is 1.78. The van der Waals surface area contributed by atoms with Crippen molar-refractivity contribution in [3.8, 4) is 5.69 Å². The summed E-state index contributed by atoms with van der Waals surface area (Å²) in [6.07, 6.45) is 5.00. The van der Waals surface area contributed by atoms with E-state index in [1.165, 1.54) is 6.07 Å². The second-order valence-electron chi connectivity index (χ2n) is 3.63. The highest BCUT2D eigenvalue weighted by atomic mass is 16.1. The lowest BCUT2D eigenvalue weighted by Crippen LogP contribution is -2.18. The van der Waals surface area contributed by atoms with Crippen LogP contribution in [-0.2, 0) is 0 Å². The molecule has 3 aromatic heterocycles. The Morgan fingerprint density at radius 2 is 1.88 bits per heavy atom. The van der Waals surface area contributed by atoms with Crippen molar-refractivity contribution in [1.82, 2.24) is 14.5 Å². The van der Waals surface area contributed by atoms with Crippen LogP contribution >= 0.6 is 0 Å². The molecule has 0 aliphatic rings. The SMILES string of the molecule is O=c1ccc2cccnc2n1-c1cccnc1. The maximum atomic E-state index is 11.9. The molecule has 0 atom stereocenters. The number of rotatable bonds is 1. The highest BCUT2D eigenvalue weighted by Crippen LogP contribution is 2.12. The van der Waals surface area contributed by atoms with Gasteiger partial charge in [-0.2, -0.15) is 0 Å². The average Bonchev–Trinajstić information content (AvgIpc) is 2.39. The van der Waals surface area contributed by atoms with Gasteiger partial charge in [0.15, 0.2) is 0 Å². The number of nitrogens with zero attached hydrogens (tertiary/aromatic N) is 3. The molecule has 0 N–H and O–H groups in total. The zero-order valence-corrected chi connectivity index (χ0v) is 8.95. The molecule has 4 heteroatoms. The number of aromatic nitrogens is 3. The van der Waals surface area contributed by atoms with Gasteiger partial charge in [0.1, 0.15) is 5.65 Å². The zero-order chi connectivity index (χ0) is 11.7. The third kappa shape index (κ3) is 1.59. The number of fused-ring (bicyclic) bond motifs is 1. The molecule has 0 aliphatic heterocycles. The number of hydrogen-bond donors (Lipinski definition) is 0. The molecule has 0 unspecified atom stereocenters. The van der Waals surface area contributed by atoms with Crippen molar-refractivity contribution in [2.45, 2.75) is 0 Å². The van der Waals surface area contributed by atoms with Crippen LogP contribution in [0.3, 0.4) is 0 Å². The van der Waals surface area contributed by atoms with E-state index in [1.54, 1.807) is 35.3 Å². The summed E-state index contributed by atoms with van der Waals surface area (Å²) in [5.41, 5.74) is 1.26. The van der Waals surface area contributed by atoms with E-state index in [4.69, 9.17) is 0 Å². The first-order valence-corrected chi connectivity index (χ1v) is 5.23. The van der Waals surface area contributed by atoms with Crippen LogP contribution in [0.1, 0.15) is 0 Å². The maximum absolute atomic E-state index is 11.9. The van der Waals surface area contributed by atoms with E-state index >= 15 is 0 Å². The zero-order valence-electron chi connectivity index (χ0n) is 8.95. The maximum Gasteiger partial charge on any atom is 0.256 e. The lowest BCUT2D eigenvalue weighted by Gasteiger charge is -2.07. The van der Waals surface area contributed by atoms with E-state index in [-0.39, 0.29) is 5.56 Å². The molecule has 3 heterocycles. The van der Waals surface area contributed by atoms with Crippen molar-refractivity contribution < 1.29 is 0 Å². The number of pyridine rings is 3. The molecule has 0 saturated carbocycles. The van der Waals surface area contributed by atoms with Gasteiger partial charge in [0, 0.05) is 23.8 Å². The van der Waals surface area contributed by atoms with E-state index in [0.29, 0.717) is 5.65 Å². The monoisotopic (exact) mass is 223 g/mol. The van der Waals surface area contributed by atoms with Gasteiger partial charge in [0.25, 0.3) is 5.56 Å². The van der Waals surface area contributed by atoms with Crippen LogP contribution in [0.25, 0.3) is 16.7 Å². The third-order valence-corrected chi connectivity index (χ3v) is 2.56. The largest absolute Gasteiger partial charge is 0.269 e. The van der Waals surface area contributed by atoms with Crippen molar-refractivity contribution in [2.75, 3.05) is 0 Å². The minimum absolute atomic E-state index is 0.107. The van der Waals surface area contributed by atoms with Crippen LogP contribution in [0.2, 0.25) is 0 Å². The summed E-state index contributed by atoms with van der Waals surface area (Å²) >= 11 is 0. The van der Waals surface area contributed by atoms with Crippen LogP contribution in [0.15, 0.2) is 59.8 Å². The van der Waals surface area contributed by atoms with E-state index < -0.39 is 0 Å². The second kappa shape index (κ2) is 3.83. The van der Waals surface area contributed by atoms with Crippen LogP contribution in [0.5, 0.6) is 0 Å². The first-order valence-electron chi connectivity index (χ1n) is 5.23. The van der Waals surface area contributed by atoms with E-state index in [2.05, 4.69) is 9.97 Å². The van der Waals surface area contributed by atoms with Crippen LogP contribution in [0, 0.1) is 0 Å². The van der Waals surface area contributed by atoms with Gasteiger partial charge in [-0.3, -0.25) is 14.3 Å². The summed E-state index contributed by atoms with van der Waals surface area (Å²) in [6.45, 7) is 0. The standard InChI is InChI=1S/C13H9N3O/c17-12-6-5-10-3-1-8-15-13(10)16(12)11-4-2-7-14-9-11/h1-9H. The van der Waals surface area contributed by atoms with Gasteiger partial charge in [-0.15, -0.1) is 0 Å². The Bertz CT molecular complexity index is 719. The van der Waals surface area contributed by atoms with Crippen molar-refractivity contribution in [3.63, 3.8) is 0 Å². The lowest BCUT2D eigenvalue weighted by atomic mass is 10.3. The van der Waals surface area contributed by atoms with E-state index in [9.17, 15) is 4.79 Å². The van der Waals surface area contributed by atoms with Crippen molar-refractivity contribution in [1.29, 1.82) is 0 Å². The van der Waals surface area contributed by atoms with Crippen LogP contribution < -0.4 is 5.56 Å². The molecule has 0 saturated heterocycles. The van der Waals surface area contributed by atoms with E-state index in [1.807, 2.05) is 18.2 Å². The van der Waals surface area contributed by atoms with Gasteiger partial charge in [-0.1, -0.05) is 0 Å². The number of hydrogen-bond acceptors (Lipinski definition) is 3. The quantitative estimate of drug-likeness (QED) is 0.631. The van der Waals surface area contributed by atoms with Crippen molar-refractivity contribution in [2.24, 2.45) is 0 Å². The third-order valence-electron chi connectivity index (χ3n) is 2.56. The Morgan fingerprint density at radius 1 is 1.00 bits per heavy atom. The molecule has 0 aromatic carbocycles. The minimum Gasteiger partial charge on any atom is -0.269 e. The van der Waals surface area contributed by atoms with Gasteiger partial charge in [0.2, 0.25) is 0 Å². The normalized spacial score (nSPS) is 10.6. The van der Waals surface area contributed by atoms with Gasteiger partial charge >= 0.3 is 0 Å². The molecule has 82 valence electrons. The van der Waals surface area contributed by atoms with Gasteiger partial charge in [-0.25, -0.2) is 4.98 Å². The first kappa shape index (κ1) is 9.72. The lowest BCUT2D eigenvalue weighted by molar-refractivity contribution is 1.00. The van der Waals surface area contributed by atoms with Gasteiger partial charge in [0.05, 0.1) is 11.9 Å². The van der Waals surface area contributed by atoms with Crippen LogP contribution in [-0.4, -0.2) is 14.5 Å². The fourth-order valence-corrected chi connectivity index (χ4v) is 1.80. The molecule has 0 radical (unpaired) electrons. The summed E-state index contributed by atoms with van der Waals surface area (Å²) in [6, 6.07) is 10.7. The highest BCUT2D eigenvalue weighted by molar-refractivity contribution is 5.76. The molecule has 4 nitrogen and oxygen atoms in total. The second-order valence-corrected chi connectivity index (χ2v) is 3.63. The molecule has 3 aromatic rings. The fourth-order valence-electron chi connectivity index (χ4n) is 1.80. The molecule has 3 rings (SSSR count). The molecule has 0 bridgehead atoms. The highest BCUT2D eigenvalue weighted by Gasteiger charge is 2.05. The first-order chi connectivity index (χ1) is 8.36. The summed E-state index contributed by atoms with van der Waals surface area (Å²) in [5.74, 6) is 0. The summed E-state index contributed by atoms with van der Waals surface area (Å²) in [7, 11) is 0. The minimum atomic E-state index is -0.107. The topological polar surface area (TPSA) is 47.8 Å². The molecule has 0 fully saturated rings. The van der Waals surface area contributed by atoms with Gasteiger partial charge in [-0.05, 0) is 30.3 Å². The van der Waals surface area contributed by atoms with Crippen LogP contribution in [0.4, 0.5) is 0 Å². The average molecular weight is 223 g/mol. The Kier molecular flexibility index (Phi) is 2.19. The smallest absolute Gasteiger partial charge is 0.256 e. The summed E-state index contributed by atoms with van der Waals surface area (Å²) in [5, 5.41) is 0.927. The van der Waals surface area contributed by atoms with Crippen molar-refractivity contribution in [3.05, 3.63) is 65.3 Å². The Hall–Kier alpha value is -2.49. The fraction of sp³-hybridized carbons (Fsp3) is 0. The van der Waals surface area contributed by atoms with Crippen molar-refractivity contribution >= 4 is 11.0 Å². The Labute approximate surface area is 97.2 Å². The molecular formula is C13H9N3O. The van der Waals surface area contributed by atoms with E-state index in [0.717, 1.165) is 11.1 Å². The molecule has 17 heavy (non-hydrogen) atoms.